The van der Waals surface area contributed by atoms with E-state index in [1.165, 1.54) is 0 Å². The normalized spacial score (nSPS) is 25.6. The van der Waals surface area contributed by atoms with Crippen molar-refractivity contribution in [3.05, 3.63) is 29.3 Å². The van der Waals surface area contributed by atoms with Crippen molar-refractivity contribution in [3.63, 3.8) is 0 Å². The van der Waals surface area contributed by atoms with E-state index in [-0.39, 0.29) is 30.2 Å². The molecule has 0 aliphatic carbocycles. The number of carbonyl (C=O) groups excluding carboxylic acids is 2. The Labute approximate surface area is 135 Å². The number of hydrogen-bond acceptors (Lipinski definition) is 3. The average Bonchev–Trinajstić information content (AvgIpc) is 2.90. The van der Waals surface area contributed by atoms with Crippen LogP contribution in [0.1, 0.15) is 13.3 Å². The number of carbonyl (C=O) groups is 2. The predicted molar refractivity (Wildman–Crippen MR) is 86.0 cm³/mol. The van der Waals surface area contributed by atoms with Gasteiger partial charge in [-0.05, 0) is 31.2 Å². The van der Waals surface area contributed by atoms with Crippen LogP contribution in [0.3, 0.4) is 0 Å². The lowest BCUT2D eigenvalue weighted by molar-refractivity contribution is -0.138. The van der Waals surface area contributed by atoms with Crippen LogP contribution in [0.25, 0.3) is 0 Å². The predicted octanol–water partition coefficient (Wildman–Crippen LogP) is 1.51. The Hall–Kier alpha value is -1.59. The maximum Gasteiger partial charge on any atom is 0.228 e. The van der Waals surface area contributed by atoms with Gasteiger partial charge in [0.1, 0.15) is 0 Å². The first kappa shape index (κ1) is 15.3. The average molecular weight is 322 g/mol. The fourth-order valence-electron chi connectivity index (χ4n) is 3.15. The summed E-state index contributed by atoms with van der Waals surface area (Å²) in [6.45, 7) is 4.84. The zero-order chi connectivity index (χ0) is 15.7. The number of rotatable bonds is 2. The van der Waals surface area contributed by atoms with Crippen LogP contribution in [-0.2, 0) is 9.59 Å². The zero-order valence-corrected chi connectivity index (χ0v) is 13.3. The highest BCUT2D eigenvalue weighted by Crippen LogP contribution is 2.27. The van der Waals surface area contributed by atoms with Crippen LogP contribution in [0.15, 0.2) is 24.3 Å². The van der Waals surface area contributed by atoms with Gasteiger partial charge in [-0.25, -0.2) is 0 Å². The van der Waals surface area contributed by atoms with E-state index in [4.69, 9.17) is 11.6 Å². The minimum atomic E-state index is -0.247. The first-order valence-electron chi connectivity index (χ1n) is 7.63. The van der Waals surface area contributed by atoms with E-state index >= 15 is 0 Å². The number of anilines is 1. The van der Waals surface area contributed by atoms with E-state index in [1.807, 2.05) is 24.0 Å². The maximum atomic E-state index is 12.7. The molecule has 118 valence electrons. The summed E-state index contributed by atoms with van der Waals surface area (Å²) in [7, 11) is 0. The zero-order valence-electron chi connectivity index (χ0n) is 12.6. The van der Waals surface area contributed by atoms with Gasteiger partial charge in [0.2, 0.25) is 11.8 Å². The Morgan fingerprint density at radius 2 is 2.05 bits per heavy atom. The monoisotopic (exact) mass is 321 g/mol. The second-order valence-electron chi connectivity index (χ2n) is 5.97. The Kier molecular flexibility index (Phi) is 4.36. The van der Waals surface area contributed by atoms with Crippen molar-refractivity contribution in [3.8, 4) is 0 Å². The first-order chi connectivity index (χ1) is 10.6. The Morgan fingerprint density at radius 1 is 1.32 bits per heavy atom. The number of amides is 2. The van der Waals surface area contributed by atoms with Crippen molar-refractivity contribution in [2.24, 2.45) is 5.92 Å². The molecule has 0 radical (unpaired) electrons. The van der Waals surface area contributed by atoms with Crippen LogP contribution in [0, 0.1) is 5.92 Å². The lowest BCUT2D eigenvalue weighted by Gasteiger charge is -2.35. The third-order valence-corrected chi connectivity index (χ3v) is 4.65. The molecule has 0 aromatic heterocycles. The minimum Gasteiger partial charge on any atom is -0.337 e. The molecule has 0 spiro atoms. The van der Waals surface area contributed by atoms with Crippen LogP contribution in [0.4, 0.5) is 5.69 Å². The largest absolute Gasteiger partial charge is 0.337 e. The summed E-state index contributed by atoms with van der Waals surface area (Å²) in [5.41, 5.74) is 0.804. The molecule has 2 aliphatic heterocycles. The van der Waals surface area contributed by atoms with Crippen LogP contribution in [0.5, 0.6) is 0 Å². The maximum absolute atomic E-state index is 12.7. The molecule has 1 aromatic carbocycles. The summed E-state index contributed by atoms with van der Waals surface area (Å²) >= 11 is 5.88. The molecule has 2 amide bonds. The summed E-state index contributed by atoms with van der Waals surface area (Å²) in [6, 6.07) is 7.34. The van der Waals surface area contributed by atoms with E-state index in [9.17, 15) is 9.59 Å². The summed E-state index contributed by atoms with van der Waals surface area (Å²) in [5.74, 6) is -0.147. The van der Waals surface area contributed by atoms with Gasteiger partial charge in [-0.1, -0.05) is 11.6 Å². The molecule has 1 unspecified atom stereocenters. The Morgan fingerprint density at radius 3 is 2.73 bits per heavy atom. The van der Waals surface area contributed by atoms with Crippen LogP contribution in [-0.4, -0.2) is 48.9 Å². The highest BCUT2D eigenvalue weighted by molar-refractivity contribution is 6.30. The molecule has 0 bridgehead atoms. The van der Waals surface area contributed by atoms with Gasteiger partial charge in [0.25, 0.3) is 0 Å². The molecule has 0 saturated carbocycles. The highest BCUT2D eigenvalue weighted by Gasteiger charge is 2.38. The van der Waals surface area contributed by atoms with Gasteiger partial charge in [-0.2, -0.15) is 0 Å². The Balaban J connectivity index is 1.71. The van der Waals surface area contributed by atoms with Gasteiger partial charge < -0.3 is 15.1 Å². The molecule has 2 heterocycles. The van der Waals surface area contributed by atoms with Gasteiger partial charge in [-0.15, -0.1) is 0 Å². The fraction of sp³-hybridized carbons (Fsp3) is 0.500. The van der Waals surface area contributed by atoms with Gasteiger partial charge in [0.15, 0.2) is 0 Å². The summed E-state index contributed by atoms with van der Waals surface area (Å²) in [6.07, 6.45) is 0.290. The first-order valence-corrected chi connectivity index (χ1v) is 8.01. The van der Waals surface area contributed by atoms with Crippen molar-refractivity contribution in [1.29, 1.82) is 0 Å². The van der Waals surface area contributed by atoms with Gasteiger partial charge in [-0.3, -0.25) is 9.59 Å². The van der Waals surface area contributed by atoms with E-state index in [0.717, 1.165) is 18.8 Å². The molecular weight excluding hydrogens is 302 g/mol. The molecule has 5 nitrogen and oxygen atoms in total. The Bertz CT molecular complexity index is 575. The van der Waals surface area contributed by atoms with Crippen molar-refractivity contribution in [1.82, 2.24) is 10.2 Å². The van der Waals surface area contributed by atoms with E-state index in [0.29, 0.717) is 18.1 Å². The molecule has 1 N–H and O–H groups in total. The molecular formula is C16H20ClN3O2. The lowest BCUT2D eigenvalue weighted by atomic mass is 10.1. The molecule has 2 aliphatic rings. The number of halogens is 1. The van der Waals surface area contributed by atoms with Crippen LogP contribution >= 0.6 is 11.6 Å². The smallest absolute Gasteiger partial charge is 0.228 e. The van der Waals surface area contributed by atoms with Crippen molar-refractivity contribution in [2.45, 2.75) is 19.4 Å². The second-order valence-corrected chi connectivity index (χ2v) is 6.40. The van der Waals surface area contributed by atoms with E-state index < -0.39 is 0 Å². The molecule has 22 heavy (non-hydrogen) atoms. The highest BCUT2D eigenvalue weighted by atomic mass is 35.5. The minimum absolute atomic E-state index is 0.00320. The number of piperazine rings is 1. The lowest BCUT2D eigenvalue weighted by Crippen LogP contribution is -2.54. The quantitative estimate of drug-likeness (QED) is 0.898. The van der Waals surface area contributed by atoms with Crippen LogP contribution in [0.2, 0.25) is 5.02 Å². The van der Waals surface area contributed by atoms with Crippen LogP contribution < -0.4 is 10.2 Å². The van der Waals surface area contributed by atoms with E-state index in [1.54, 1.807) is 17.0 Å². The van der Waals surface area contributed by atoms with Gasteiger partial charge >= 0.3 is 0 Å². The topological polar surface area (TPSA) is 52.7 Å². The summed E-state index contributed by atoms with van der Waals surface area (Å²) in [5, 5.41) is 3.91. The molecule has 2 atom stereocenters. The van der Waals surface area contributed by atoms with E-state index in [2.05, 4.69) is 5.32 Å². The van der Waals surface area contributed by atoms with Crippen molar-refractivity contribution < 1.29 is 9.59 Å². The number of nitrogens with zero attached hydrogens (tertiary/aromatic N) is 2. The number of hydrogen-bond donors (Lipinski definition) is 1. The van der Waals surface area contributed by atoms with Crippen molar-refractivity contribution in [2.75, 3.05) is 31.1 Å². The SMILES string of the molecule is C[C@H]1CNCCN1C(=O)C1CC(=O)N(c2ccc(Cl)cc2)C1. The second kappa shape index (κ2) is 6.26. The molecule has 6 heteroatoms. The van der Waals surface area contributed by atoms with Gasteiger partial charge in [0, 0.05) is 49.4 Å². The third-order valence-electron chi connectivity index (χ3n) is 4.40. The third kappa shape index (κ3) is 2.96. The fourth-order valence-corrected chi connectivity index (χ4v) is 3.27. The summed E-state index contributed by atoms with van der Waals surface area (Å²) < 4.78 is 0. The number of benzene rings is 1. The summed E-state index contributed by atoms with van der Waals surface area (Å²) in [4.78, 5) is 28.5. The van der Waals surface area contributed by atoms with Crippen molar-refractivity contribution >= 4 is 29.1 Å². The molecule has 2 fully saturated rings. The standard InChI is InChI=1S/C16H20ClN3O2/c1-11-9-18-6-7-19(11)16(22)12-8-15(21)20(10-12)14-4-2-13(17)3-5-14/h2-5,11-12,18H,6-10H2,1H3/t11-,12?/m0/s1. The molecule has 3 rings (SSSR count). The molecule has 2 saturated heterocycles. The van der Waals surface area contributed by atoms with Gasteiger partial charge in [0.05, 0.1) is 5.92 Å². The molecule has 1 aromatic rings. The number of nitrogens with one attached hydrogen (secondary N) is 1.